The van der Waals surface area contributed by atoms with Gasteiger partial charge in [0.25, 0.3) is 5.91 Å². The van der Waals surface area contributed by atoms with Gasteiger partial charge >= 0.3 is 12.1 Å². The van der Waals surface area contributed by atoms with E-state index in [1.807, 2.05) is 47.4 Å². The van der Waals surface area contributed by atoms with Crippen molar-refractivity contribution < 1.29 is 27.5 Å². The number of amides is 1. The predicted octanol–water partition coefficient (Wildman–Crippen LogP) is 6.80. The Morgan fingerprint density at radius 3 is 2.24 bits per heavy atom. The first-order chi connectivity index (χ1) is 17.7. The van der Waals surface area contributed by atoms with E-state index in [4.69, 9.17) is 4.74 Å². The Labute approximate surface area is 213 Å². The quantitative estimate of drug-likeness (QED) is 0.385. The zero-order valence-corrected chi connectivity index (χ0v) is 20.3. The van der Waals surface area contributed by atoms with Crippen LogP contribution in [0.25, 0.3) is 11.1 Å². The van der Waals surface area contributed by atoms with Gasteiger partial charge in [0.1, 0.15) is 0 Å². The molecule has 0 bridgehead atoms. The highest BCUT2D eigenvalue weighted by Gasteiger charge is 2.37. The van der Waals surface area contributed by atoms with Crippen molar-refractivity contribution >= 4 is 23.3 Å². The molecule has 1 aliphatic carbocycles. The topological polar surface area (TPSA) is 58.6 Å². The average molecular weight is 509 g/mol. The molecule has 8 heteroatoms. The molecule has 1 heterocycles. The number of methoxy groups -OCH3 is 1. The lowest BCUT2D eigenvalue weighted by atomic mass is 9.85. The minimum absolute atomic E-state index is 0.00652. The molecule has 1 N–H and O–H groups in total. The van der Waals surface area contributed by atoms with E-state index < -0.39 is 11.7 Å². The summed E-state index contributed by atoms with van der Waals surface area (Å²) in [5.41, 5.74) is 4.11. The van der Waals surface area contributed by atoms with Crippen LogP contribution in [0.15, 0.2) is 66.7 Å². The van der Waals surface area contributed by atoms with Crippen LogP contribution in [0.2, 0.25) is 0 Å². The summed E-state index contributed by atoms with van der Waals surface area (Å²) in [6.07, 6.45) is -1.16. The van der Waals surface area contributed by atoms with Gasteiger partial charge in [-0.05, 0) is 78.4 Å². The number of fused-ring (bicyclic) bond motifs is 1. The molecule has 1 fully saturated rings. The van der Waals surface area contributed by atoms with Gasteiger partial charge in [0.2, 0.25) is 0 Å². The lowest BCUT2D eigenvalue weighted by Crippen LogP contribution is -2.40. The molecule has 5 rings (SSSR count). The Kier molecular flexibility index (Phi) is 6.67. The molecular weight excluding hydrogens is 481 g/mol. The van der Waals surface area contributed by atoms with Gasteiger partial charge in [0.05, 0.1) is 18.6 Å². The number of nitrogens with one attached hydrogen (secondary N) is 1. The molecule has 192 valence electrons. The Morgan fingerprint density at radius 1 is 0.946 bits per heavy atom. The minimum atomic E-state index is -4.36. The zero-order chi connectivity index (χ0) is 26.2. The Bertz CT molecular complexity index is 1300. The van der Waals surface area contributed by atoms with Gasteiger partial charge in [0.15, 0.2) is 0 Å². The molecule has 0 aromatic heterocycles. The van der Waals surface area contributed by atoms with Crippen molar-refractivity contribution in [3.8, 4) is 11.1 Å². The molecule has 3 aromatic carbocycles. The third-order valence-electron chi connectivity index (χ3n) is 7.28. The molecular formula is C29H27F3N2O3. The highest BCUT2D eigenvalue weighted by atomic mass is 19.4. The largest absolute Gasteiger partial charge is 0.469 e. The third-order valence-corrected chi connectivity index (χ3v) is 7.28. The van der Waals surface area contributed by atoms with Crippen LogP contribution in [0, 0.1) is 5.92 Å². The summed E-state index contributed by atoms with van der Waals surface area (Å²) in [5, 5.41) is 3.11. The number of anilines is 2. The van der Waals surface area contributed by atoms with Crippen LogP contribution in [0.1, 0.15) is 47.2 Å². The molecule has 5 nitrogen and oxygen atoms in total. The van der Waals surface area contributed by atoms with E-state index in [0.29, 0.717) is 24.2 Å². The van der Waals surface area contributed by atoms with E-state index in [1.165, 1.54) is 19.2 Å². The van der Waals surface area contributed by atoms with Gasteiger partial charge in [-0.25, -0.2) is 0 Å². The molecule has 2 atom stereocenters. The second-order valence-corrected chi connectivity index (χ2v) is 9.62. The Balaban J connectivity index is 1.27. The van der Waals surface area contributed by atoms with E-state index in [-0.39, 0.29) is 23.8 Å². The first-order valence-corrected chi connectivity index (χ1v) is 12.3. The molecule has 0 spiro atoms. The maximum atomic E-state index is 13.3. The summed E-state index contributed by atoms with van der Waals surface area (Å²) >= 11 is 0. The number of hydrogen-bond acceptors (Lipinski definition) is 4. The number of ether oxygens (including phenoxy) is 1. The lowest BCUT2D eigenvalue weighted by Gasteiger charge is -2.34. The van der Waals surface area contributed by atoms with Crippen molar-refractivity contribution in [3.63, 3.8) is 0 Å². The fourth-order valence-corrected chi connectivity index (χ4v) is 5.28. The van der Waals surface area contributed by atoms with Crippen molar-refractivity contribution in [2.75, 3.05) is 12.4 Å². The monoisotopic (exact) mass is 508 g/mol. The van der Waals surface area contributed by atoms with Crippen LogP contribution < -0.4 is 5.32 Å². The first-order valence-electron chi connectivity index (χ1n) is 12.3. The summed E-state index contributed by atoms with van der Waals surface area (Å²) in [7, 11) is 1.40. The normalized spacial score (nSPS) is 19.5. The van der Waals surface area contributed by atoms with Crippen molar-refractivity contribution in [3.05, 3.63) is 83.4 Å². The number of carbonyl (C=O) groups excluding carboxylic acids is 2. The fraction of sp³-hybridized carbons (Fsp3) is 0.310. The smallest absolute Gasteiger partial charge is 0.416 e. The van der Waals surface area contributed by atoms with Crippen LogP contribution in [0.5, 0.6) is 0 Å². The first kappa shape index (κ1) is 24.9. The van der Waals surface area contributed by atoms with E-state index >= 15 is 0 Å². The Hall–Kier alpha value is -3.81. The fourth-order valence-electron chi connectivity index (χ4n) is 5.28. The van der Waals surface area contributed by atoms with Crippen LogP contribution >= 0.6 is 0 Å². The van der Waals surface area contributed by atoms with Crippen molar-refractivity contribution in [2.24, 2.45) is 5.92 Å². The van der Waals surface area contributed by atoms with Gasteiger partial charge in [-0.2, -0.15) is 13.2 Å². The van der Waals surface area contributed by atoms with Crippen LogP contribution in [-0.2, 0) is 22.3 Å². The highest BCUT2D eigenvalue weighted by molar-refractivity contribution is 5.99. The number of halogens is 3. The minimum Gasteiger partial charge on any atom is -0.469 e. The summed E-state index contributed by atoms with van der Waals surface area (Å²) < 4.78 is 43.2. The van der Waals surface area contributed by atoms with E-state index in [9.17, 15) is 22.8 Å². The van der Waals surface area contributed by atoms with Crippen LogP contribution in [0.3, 0.4) is 0 Å². The highest BCUT2D eigenvalue weighted by Crippen LogP contribution is 2.36. The number of nitrogens with zero attached hydrogens (tertiary/aromatic N) is 1. The molecule has 0 radical (unpaired) electrons. The summed E-state index contributed by atoms with van der Waals surface area (Å²) in [6.45, 7) is 0.545. The number of alkyl halides is 3. The third kappa shape index (κ3) is 5.19. The second-order valence-electron chi connectivity index (χ2n) is 9.62. The van der Waals surface area contributed by atoms with Gasteiger partial charge in [0, 0.05) is 29.5 Å². The standard InChI is InChI=1S/C29H27F3N2O3/c1-37-28(36)20-3-2-4-25(15-20)34-17-21-6-5-19(16-26(21)27(34)35)18-7-11-23(12-8-18)33-24-13-9-22(10-14-24)29(30,31)32/h5-14,16,20,25,33H,2-4,15,17H2,1H3. The SMILES string of the molecule is COC(=O)C1CCCC(N2Cc3ccc(-c4ccc(Nc5ccc(C(F)(F)F)cc5)cc4)cc3C2=O)C1. The number of rotatable bonds is 5. The zero-order valence-electron chi connectivity index (χ0n) is 20.3. The number of benzene rings is 3. The molecule has 1 saturated carbocycles. The molecule has 3 aromatic rings. The molecule has 2 unspecified atom stereocenters. The second kappa shape index (κ2) is 9.92. The number of carbonyl (C=O) groups is 2. The number of esters is 1. The van der Waals surface area contributed by atoms with Gasteiger partial charge in [-0.3, -0.25) is 9.59 Å². The molecule has 1 amide bonds. The molecule has 2 aliphatic rings. The number of hydrogen-bond donors (Lipinski definition) is 1. The molecule has 0 saturated heterocycles. The lowest BCUT2D eigenvalue weighted by molar-refractivity contribution is -0.147. The average Bonchev–Trinajstić information content (AvgIpc) is 3.24. The Morgan fingerprint density at radius 2 is 1.59 bits per heavy atom. The maximum Gasteiger partial charge on any atom is 0.416 e. The van der Waals surface area contributed by atoms with Crippen LogP contribution in [0.4, 0.5) is 24.5 Å². The predicted molar refractivity (Wildman–Crippen MR) is 134 cm³/mol. The van der Waals surface area contributed by atoms with Crippen molar-refractivity contribution in [2.45, 2.75) is 44.4 Å². The van der Waals surface area contributed by atoms with E-state index in [1.54, 1.807) is 0 Å². The molecule has 1 aliphatic heterocycles. The van der Waals surface area contributed by atoms with Gasteiger partial charge in [-0.15, -0.1) is 0 Å². The van der Waals surface area contributed by atoms with Crippen LogP contribution in [-0.4, -0.2) is 29.9 Å². The van der Waals surface area contributed by atoms with Gasteiger partial charge < -0.3 is 15.0 Å². The summed E-state index contributed by atoms with van der Waals surface area (Å²) in [5.74, 6) is -0.370. The molecule has 37 heavy (non-hydrogen) atoms. The van der Waals surface area contributed by atoms with Crippen molar-refractivity contribution in [1.29, 1.82) is 0 Å². The maximum absolute atomic E-state index is 13.3. The van der Waals surface area contributed by atoms with E-state index in [2.05, 4.69) is 5.32 Å². The van der Waals surface area contributed by atoms with E-state index in [0.717, 1.165) is 53.8 Å². The van der Waals surface area contributed by atoms with Crippen molar-refractivity contribution in [1.82, 2.24) is 4.90 Å². The summed E-state index contributed by atoms with van der Waals surface area (Å²) in [4.78, 5) is 27.2. The van der Waals surface area contributed by atoms with Gasteiger partial charge in [-0.1, -0.05) is 30.7 Å². The summed E-state index contributed by atoms with van der Waals surface area (Å²) in [6, 6.07) is 18.3.